The van der Waals surface area contributed by atoms with Gasteiger partial charge in [-0.25, -0.2) is 0 Å². The predicted octanol–water partition coefficient (Wildman–Crippen LogP) is 4.40. The number of phenols is 3. The number of rotatable bonds is 3. The molecule has 0 amide bonds. The number of hydrogen-bond donors (Lipinski definition) is 3. The molecule has 1 aromatic heterocycles. The van der Waals surface area contributed by atoms with Crippen molar-refractivity contribution in [3.05, 3.63) is 68.8 Å². The van der Waals surface area contributed by atoms with Gasteiger partial charge in [-0.2, -0.15) is 0 Å². The summed E-state index contributed by atoms with van der Waals surface area (Å²) in [5.74, 6) is -0.800. The maximum atomic E-state index is 12.9. The van der Waals surface area contributed by atoms with Crippen molar-refractivity contribution in [3.8, 4) is 23.0 Å². The average molecular weight is 429 g/mol. The summed E-state index contributed by atoms with van der Waals surface area (Å²) in [6, 6.07) is 12.4. The van der Waals surface area contributed by atoms with Crippen LogP contribution >= 0.6 is 15.9 Å². The van der Waals surface area contributed by atoms with E-state index in [0.717, 1.165) is 22.2 Å². The Labute approximate surface area is 161 Å². The smallest absolute Gasteiger partial charge is 0.204 e. The Morgan fingerprint density at radius 1 is 0.963 bits per heavy atom. The molecular weight excluding hydrogens is 416 g/mol. The molecule has 0 unspecified atom stereocenters. The molecule has 4 rings (SSSR count). The van der Waals surface area contributed by atoms with E-state index in [9.17, 15) is 20.1 Å². The number of aromatic hydroxyl groups is 3. The van der Waals surface area contributed by atoms with Gasteiger partial charge in [-0.3, -0.25) is 4.79 Å². The van der Waals surface area contributed by atoms with E-state index in [0.29, 0.717) is 0 Å². The van der Waals surface area contributed by atoms with Gasteiger partial charge in [0.15, 0.2) is 11.5 Å². The maximum absolute atomic E-state index is 12.9. The molecule has 4 aromatic rings. The minimum atomic E-state index is -0.439. The van der Waals surface area contributed by atoms with E-state index in [2.05, 4.69) is 15.9 Å². The Bertz CT molecular complexity index is 1240. The van der Waals surface area contributed by atoms with Crippen molar-refractivity contribution in [1.29, 1.82) is 0 Å². The van der Waals surface area contributed by atoms with Crippen LogP contribution in [0.2, 0.25) is 0 Å². The third-order valence-electron chi connectivity index (χ3n) is 4.10. The highest BCUT2D eigenvalue weighted by Crippen LogP contribution is 2.34. The highest BCUT2D eigenvalue weighted by atomic mass is 79.9. The van der Waals surface area contributed by atoms with Gasteiger partial charge in [0.2, 0.25) is 5.43 Å². The lowest BCUT2D eigenvalue weighted by molar-refractivity contribution is 0.308. The molecule has 0 aliphatic heterocycles. The fourth-order valence-corrected chi connectivity index (χ4v) is 3.30. The Morgan fingerprint density at radius 3 is 2.52 bits per heavy atom. The molecule has 7 heteroatoms. The lowest BCUT2D eigenvalue weighted by Crippen LogP contribution is -2.05. The first-order valence-electron chi connectivity index (χ1n) is 7.95. The number of benzene rings is 3. The van der Waals surface area contributed by atoms with E-state index in [4.69, 9.17) is 9.15 Å². The number of phenolic OH excluding ortho intramolecular Hbond substituents is 3. The molecule has 27 heavy (non-hydrogen) atoms. The van der Waals surface area contributed by atoms with Gasteiger partial charge in [-0.1, -0.05) is 28.1 Å². The quantitative estimate of drug-likeness (QED) is 0.330. The van der Waals surface area contributed by atoms with Crippen molar-refractivity contribution in [2.45, 2.75) is 6.61 Å². The van der Waals surface area contributed by atoms with Crippen LogP contribution in [0.5, 0.6) is 23.0 Å². The van der Waals surface area contributed by atoms with Crippen molar-refractivity contribution in [2.75, 3.05) is 0 Å². The summed E-state index contributed by atoms with van der Waals surface area (Å²) in [5, 5.41) is 29.5. The molecule has 0 aliphatic carbocycles. The topological polar surface area (TPSA) is 100 Å². The van der Waals surface area contributed by atoms with Gasteiger partial charge in [0.05, 0.1) is 5.39 Å². The number of hydrogen-bond acceptors (Lipinski definition) is 6. The van der Waals surface area contributed by atoms with E-state index in [1.165, 1.54) is 12.1 Å². The van der Waals surface area contributed by atoms with E-state index in [1.54, 1.807) is 0 Å². The van der Waals surface area contributed by atoms with Gasteiger partial charge < -0.3 is 24.5 Å². The van der Waals surface area contributed by atoms with Crippen molar-refractivity contribution < 1.29 is 24.5 Å². The first kappa shape index (κ1) is 17.2. The molecule has 3 N–H and O–H groups in total. The molecule has 0 saturated carbocycles. The van der Waals surface area contributed by atoms with Crippen LogP contribution < -0.4 is 10.2 Å². The summed E-state index contributed by atoms with van der Waals surface area (Å²) in [6.45, 7) is 0.177. The largest absolute Gasteiger partial charge is 0.508 e. The van der Waals surface area contributed by atoms with Crippen molar-refractivity contribution in [2.24, 2.45) is 0 Å². The van der Waals surface area contributed by atoms with E-state index in [-0.39, 0.29) is 40.0 Å². The van der Waals surface area contributed by atoms with Crippen LogP contribution in [-0.2, 0) is 6.61 Å². The molecule has 1 heterocycles. The monoisotopic (exact) mass is 428 g/mol. The number of ether oxygens (including phenoxy) is 1. The molecule has 0 saturated heterocycles. The number of fused-ring (bicyclic) bond motifs is 2. The standard InChI is InChI=1S/C20H13BrO6/c21-11-3-1-2-10(4-11)9-26-17-5-12(22)6-18-19(17)20(25)13-7-14(23)15(24)8-16(13)27-18/h1-8,22-24H,9H2. The van der Waals surface area contributed by atoms with Crippen LogP contribution in [0.25, 0.3) is 21.9 Å². The highest BCUT2D eigenvalue weighted by molar-refractivity contribution is 9.10. The molecule has 0 aliphatic rings. The summed E-state index contributed by atoms with van der Waals surface area (Å²) in [7, 11) is 0. The molecular formula is C20H13BrO6. The Kier molecular flexibility index (Phi) is 4.16. The van der Waals surface area contributed by atoms with Gasteiger partial charge in [-0.05, 0) is 23.8 Å². The van der Waals surface area contributed by atoms with Crippen LogP contribution in [0.4, 0.5) is 0 Å². The van der Waals surface area contributed by atoms with Crippen LogP contribution in [-0.4, -0.2) is 15.3 Å². The van der Waals surface area contributed by atoms with E-state index >= 15 is 0 Å². The van der Waals surface area contributed by atoms with E-state index in [1.807, 2.05) is 24.3 Å². The zero-order valence-corrected chi connectivity index (χ0v) is 15.4. The second kappa shape index (κ2) is 6.51. The molecule has 136 valence electrons. The molecule has 6 nitrogen and oxygen atoms in total. The Balaban J connectivity index is 1.88. The normalized spacial score (nSPS) is 11.1. The van der Waals surface area contributed by atoms with Gasteiger partial charge >= 0.3 is 0 Å². The third kappa shape index (κ3) is 3.17. The second-order valence-corrected chi connectivity index (χ2v) is 6.92. The van der Waals surface area contributed by atoms with Crippen molar-refractivity contribution in [3.63, 3.8) is 0 Å². The third-order valence-corrected chi connectivity index (χ3v) is 4.60. The minimum Gasteiger partial charge on any atom is -0.508 e. The molecule has 0 radical (unpaired) electrons. The van der Waals surface area contributed by atoms with E-state index < -0.39 is 16.9 Å². The molecule has 0 atom stereocenters. The number of halogens is 1. The minimum absolute atomic E-state index is 0.0892. The Morgan fingerprint density at radius 2 is 1.74 bits per heavy atom. The SMILES string of the molecule is O=c1c2cc(O)c(O)cc2oc2cc(O)cc(OCc3cccc(Br)c3)c12. The van der Waals surface area contributed by atoms with Crippen LogP contribution in [0, 0.1) is 0 Å². The van der Waals surface area contributed by atoms with Crippen LogP contribution in [0.1, 0.15) is 5.56 Å². The first-order chi connectivity index (χ1) is 12.9. The summed E-state index contributed by atoms with van der Waals surface area (Å²) < 4.78 is 12.3. The first-order valence-corrected chi connectivity index (χ1v) is 8.74. The average Bonchev–Trinajstić information content (AvgIpc) is 2.61. The molecule has 0 spiro atoms. The zero-order chi connectivity index (χ0) is 19.1. The second-order valence-electron chi connectivity index (χ2n) is 6.00. The van der Waals surface area contributed by atoms with Gasteiger partial charge in [0.1, 0.15) is 34.7 Å². The summed E-state index contributed by atoms with van der Waals surface area (Å²) >= 11 is 3.39. The van der Waals surface area contributed by atoms with Gasteiger partial charge in [0.25, 0.3) is 0 Å². The van der Waals surface area contributed by atoms with Crippen molar-refractivity contribution in [1.82, 2.24) is 0 Å². The van der Waals surface area contributed by atoms with Gasteiger partial charge in [0, 0.05) is 22.7 Å². The van der Waals surface area contributed by atoms with Gasteiger partial charge in [-0.15, -0.1) is 0 Å². The Hall–Kier alpha value is -3.19. The zero-order valence-electron chi connectivity index (χ0n) is 13.8. The molecule has 0 fully saturated rings. The highest BCUT2D eigenvalue weighted by Gasteiger charge is 2.16. The molecule has 3 aromatic carbocycles. The van der Waals surface area contributed by atoms with Crippen molar-refractivity contribution >= 4 is 37.9 Å². The molecule has 0 bridgehead atoms. The fraction of sp³-hybridized carbons (Fsp3) is 0.0500. The van der Waals surface area contributed by atoms with Crippen LogP contribution in [0.3, 0.4) is 0 Å². The maximum Gasteiger partial charge on any atom is 0.204 e. The van der Waals surface area contributed by atoms with Crippen LogP contribution in [0.15, 0.2) is 62.2 Å². The summed E-state index contributed by atoms with van der Waals surface area (Å²) in [5.41, 5.74) is 0.632. The lowest BCUT2D eigenvalue weighted by Gasteiger charge is -2.11. The lowest BCUT2D eigenvalue weighted by atomic mass is 10.1. The fourth-order valence-electron chi connectivity index (χ4n) is 2.85. The predicted molar refractivity (Wildman–Crippen MR) is 103 cm³/mol. The summed E-state index contributed by atoms with van der Waals surface area (Å²) in [6.07, 6.45) is 0. The summed E-state index contributed by atoms with van der Waals surface area (Å²) in [4.78, 5) is 12.9.